The number of hydrogen-bond donors (Lipinski definition) is 1. The molecule has 1 saturated heterocycles. The number of pyridine rings is 1. The molecule has 0 saturated carbocycles. The standard InChI is InChI=1S/C12H17BrN2O/c1-8-11(13)3-4-12(14-8)15-6-5-10(7-15)9(2)16/h3-4,9-10,16H,5-7H2,1-2H3. The van der Waals surface area contributed by atoms with Gasteiger partial charge in [-0.2, -0.15) is 0 Å². The van der Waals surface area contributed by atoms with Crippen LogP contribution in [0.25, 0.3) is 0 Å². The van der Waals surface area contributed by atoms with Crippen molar-refractivity contribution in [1.29, 1.82) is 0 Å². The van der Waals surface area contributed by atoms with Crippen molar-refractivity contribution in [1.82, 2.24) is 4.98 Å². The van der Waals surface area contributed by atoms with E-state index in [-0.39, 0.29) is 6.10 Å². The van der Waals surface area contributed by atoms with Crippen molar-refractivity contribution in [3.63, 3.8) is 0 Å². The van der Waals surface area contributed by atoms with Gasteiger partial charge < -0.3 is 10.0 Å². The van der Waals surface area contributed by atoms with Crippen LogP contribution in [0.3, 0.4) is 0 Å². The highest BCUT2D eigenvalue weighted by molar-refractivity contribution is 9.10. The predicted octanol–water partition coefficient (Wildman–Crippen LogP) is 2.36. The third-order valence-corrected chi connectivity index (χ3v) is 4.08. The SMILES string of the molecule is Cc1nc(N2CCC(C(C)O)C2)ccc1Br. The van der Waals surface area contributed by atoms with Crippen LogP contribution in [0.15, 0.2) is 16.6 Å². The third kappa shape index (κ3) is 2.38. The molecule has 0 amide bonds. The van der Waals surface area contributed by atoms with Crippen LogP contribution < -0.4 is 4.90 Å². The molecule has 0 bridgehead atoms. The summed E-state index contributed by atoms with van der Waals surface area (Å²) in [6.07, 6.45) is 0.829. The molecule has 0 spiro atoms. The molecule has 1 aromatic heterocycles. The van der Waals surface area contributed by atoms with E-state index >= 15 is 0 Å². The van der Waals surface area contributed by atoms with Crippen molar-refractivity contribution in [2.45, 2.75) is 26.4 Å². The van der Waals surface area contributed by atoms with Crippen LogP contribution >= 0.6 is 15.9 Å². The third-order valence-electron chi connectivity index (χ3n) is 3.24. The van der Waals surface area contributed by atoms with Gasteiger partial charge >= 0.3 is 0 Å². The van der Waals surface area contributed by atoms with Crippen molar-refractivity contribution in [3.8, 4) is 0 Å². The van der Waals surface area contributed by atoms with Crippen LogP contribution in [0.1, 0.15) is 19.0 Å². The lowest BCUT2D eigenvalue weighted by molar-refractivity contribution is 0.136. The average Bonchev–Trinajstić information content (AvgIpc) is 2.71. The Morgan fingerprint density at radius 3 is 2.88 bits per heavy atom. The van der Waals surface area contributed by atoms with Gasteiger partial charge in [-0.05, 0) is 48.3 Å². The molecule has 0 radical (unpaired) electrons. The molecule has 88 valence electrons. The minimum absolute atomic E-state index is 0.221. The van der Waals surface area contributed by atoms with Crippen molar-refractivity contribution in [3.05, 3.63) is 22.3 Å². The fraction of sp³-hybridized carbons (Fsp3) is 0.583. The van der Waals surface area contributed by atoms with Crippen molar-refractivity contribution in [2.24, 2.45) is 5.92 Å². The van der Waals surface area contributed by atoms with Crippen LogP contribution in [0.4, 0.5) is 5.82 Å². The van der Waals surface area contributed by atoms with Crippen molar-refractivity contribution in [2.75, 3.05) is 18.0 Å². The number of aliphatic hydroxyl groups excluding tert-OH is 1. The number of anilines is 1. The number of aromatic nitrogens is 1. The number of halogens is 1. The molecule has 2 unspecified atom stereocenters. The first-order valence-corrected chi connectivity index (χ1v) is 6.43. The summed E-state index contributed by atoms with van der Waals surface area (Å²) in [7, 11) is 0. The Morgan fingerprint density at radius 1 is 1.56 bits per heavy atom. The van der Waals surface area contributed by atoms with Gasteiger partial charge in [-0.1, -0.05) is 0 Å². The van der Waals surface area contributed by atoms with Crippen LogP contribution in [-0.4, -0.2) is 29.3 Å². The van der Waals surface area contributed by atoms with Gasteiger partial charge in [-0.3, -0.25) is 0 Å². The molecule has 0 aromatic carbocycles. The first-order valence-electron chi connectivity index (χ1n) is 5.64. The van der Waals surface area contributed by atoms with Gasteiger partial charge in [0.2, 0.25) is 0 Å². The zero-order valence-electron chi connectivity index (χ0n) is 9.65. The van der Waals surface area contributed by atoms with Gasteiger partial charge in [0.25, 0.3) is 0 Å². The summed E-state index contributed by atoms with van der Waals surface area (Å²) in [6, 6.07) is 4.06. The van der Waals surface area contributed by atoms with Crippen LogP contribution in [-0.2, 0) is 0 Å². The smallest absolute Gasteiger partial charge is 0.128 e. The topological polar surface area (TPSA) is 36.4 Å². The number of rotatable bonds is 2. The van der Waals surface area contributed by atoms with E-state index in [1.807, 2.05) is 26.0 Å². The van der Waals surface area contributed by atoms with Crippen LogP contribution in [0, 0.1) is 12.8 Å². The van der Waals surface area contributed by atoms with Gasteiger partial charge in [0.05, 0.1) is 11.8 Å². The normalized spacial score (nSPS) is 22.5. The Kier molecular flexibility index (Phi) is 3.50. The summed E-state index contributed by atoms with van der Waals surface area (Å²) in [4.78, 5) is 6.79. The summed E-state index contributed by atoms with van der Waals surface area (Å²) < 4.78 is 1.04. The average molecular weight is 285 g/mol. The van der Waals surface area contributed by atoms with E-state index in [9.17, 15) is 5.11 Å². The van der Waals surface area contributed by atoms with Crippen LogP contribution in [0.5, 0.6) is 0 Å². The molecular weight excluding hydrogens is 268 g/mol. The lowest BCUT2D eigenvalue weighted by Crippen LogP contribution is -2.24. The first-order chi connectivity index (χ1) is 7.58. The van der Waals surface area contributed by atoms with Crippen molar-refractivity contribution >= 4 is 21.7 Å². The minimum Gasteiger partial charge on any atom is -0.393 e. The summed E-state index contributed by atoms with van der Waals surface area (Å²) in [5.41, 5.74) is 1.01. The Labute approximate surface area is 105 Å². The lowest BCUT2D eigenvalue weighted by Gasteiger charge is -2.19. The van der Waals surface area contributed by atoms with E-state index < -0.39 is 0 Å². The van der Waals surface area contributed by atoms with E-state index in [4.69, 9.17) is 0 Å². The van der Waals surface area contributed by atoms with Gasteiger partial charge in [-0.25, -0.2) is 4.98 Å². The Morgan fingerprint density at radius 2 is 2.31 bits per heavy atom. The second kappa shape index (κ2) is 4.72. The van der Waals surface area contributed by atoms with Gasteiger partial charge in [0, 0.05) is 23.5 Å². The highest BCUT2D eigenvalue weighted by Crippen LogP contribution is 2.26. The summed E-state index contributed by atoms with van der Waals surface area (Å²) >= 11 is 3.45. The molecule has 2 heterocycles. The molecule has 2 rings (SSSR count). The predicted molar refractivity (Wildman–Crippen MR) is 68.7 cm³/mol. The molecule has 2 atom stereocenters. The number of nitrogens with zero attached hydrogens (tertiary/aromatic N) is 2. The number of hydrogen-bond acceptors (Lipinski definition) is 3. The first kappa shape index (κ1) is 11.9. The molecule has 1 aromatic rings. The second-order valence-corrected chi connectivity index (χ2v) is 5.33. The van der Waals surface area contributed by atoms with E-state index in [2.05, 4.69) is 25.8 Å². The minimum atomic E-state index is -0.221. The van der Waals surface area contributed by atoms with Gasteiger partial charge in [0.1, 0.15) is 5.82 Å². The maximum Gasteiger partial charge on any atom is 0.128 e. The molecule has 1 fully saturated rings. The molecule has 1 aliphatic rings. The monoisotopic (exact) mass is 284 g/mol. The Bertz CT molecular complexity index is 381. The fourth-order valence-corrected chi connectivity index (χ4v) is 2.32. The van der Waals surface area contributed by atoms with Crippen LogP contribution in [0.2, 0.25) is 0 Å². The number of aliphatic hydroxyl groups is 1. The highest BCUT2D eigenvalue weighted by atomic mass is 79.9. The zero-order chi connectivity index (χ0) is 11.7. The lowest BCUT2D eigenvalue weighted by atomic mass is 10.0. The largest absolute Gasteiger partial charge is 0.393 e. The zero-order valence-corrected chi connectivity index (χ0v) is 11.2. The summed E-state index contributed by atoms with van der Waals surface area (Å²) in [5, 5.41) is 9.56. The fourth-order valence-electron chi connectivity index (χ4n) is 2.10. The number of aryl methyl sites for hydroxylation is 1. The highest BCUT2D eigenvalue weighted by Gasteiger charge is 2.26. The Hall–Kier alpha value is -0.610. The molecule has 0 aliphatic carbocycles. The quantitative estimate of drug-likeness (QED) is 0.906. The summed E-state index contributed by atoms with van der Waals surface area (Å²) in [6.45, 7) is 5.76. The van der Waals surface area contributed by atoms with E-state index in [1.54, 1.807) is 0 Å². The van der Waals surface area contributed by atoms with Gasteiger partial charge in [-0.15, -0.1) is 0 Å². The molecule has 4 heteroatoms. The molecule has 1 aliphatic heterocycles. The Balaban J connectivity index is 2.11. The van der Waals surface area contributed by atoms with E-state index in [1.165, 1.54) is 0 Å². The molecule has 3 nitrogen and oxygen atoms in total. The second-order valence-electron chi connectivity index (χ2n) is 4.47. The maximum atomic E-state index is 9.56. The maximum absolute atomic E-state index is 9.56. The van der Waals surface area contributed by atoms with Gasteiger partial charge in [0.15, 0.2) is 0 Å². The molecular formula is C12H17BrN2O. The summed E-state index contributed by atoms with van der Waals surface area (Å²) in [5.74, 6) is 1.40. The van der Waals surface area contributed by atoms with E-state index in [0.717, 1.165) is 35.5 Å². The molecule has 1 N–H and O–H groups in total. The van der Waals surface area contributed by atoms with E-state index in [0.29, 0.717) is 5.92 Å². The van der Waals surface area contributed by atoms with Crippen molar-refractivity contribution < 1.29 is 5.11 Å². The molecule has 16 heavy (non-hydrogen) atoms.